The van der Waals surface area contributed by atoms with E-state index in [1.807, 2.05) is 36.1 Å². The minimum absolute atomic E-state index is 0.0112. The highest BCUT2D eigenvalue weighted by Gasteiger charge is 2.19. The molecule has 116 valence electrons. The van der Waals surface area contributed by atoms with Crippen LogP contribution >= 0.6 is 0 Å². The number of ether oxygens (including phenoxy) is 1. The molecule has 21 heavy (non-hydrogen) atoms. The fourth-order valence-electron chi connectivity index (χ4n) is 2.50. The van der Waals surface area contributed by atoms with Crippen molar-refractivity contribution in [3.05, 3.63) is 29.8 Å². The summed E-state index contributed by atoms with van der Waals surface area (Å²) in [5.41, 5.74) is 1.01. The number of nitrogens with one attached hydrogen (secondary N) is 1. The number of carbonyl (C=O) groups is 1. The van der Waals surface area contributed by atoms with Gasteiger partial charge in [-0.15, -0.1) is 0 Å². The summed E-state index contributed by atoms with van der Waals surface area (Å²) in [5, 5.41) is 2.99. The van der Waals surface area contributed by atoms with E-state index in [9.17, 15) is 4.79 Å². The topological polar surface area (TPSA) is 44.8 Å². The first-order valence-electron chi connectivity index (χ1n) is 7.70. The maximum absolute atomic E-state index is 12.2. The molecular weight excluding hydrogens is 266 g/mol. The van der Waals surface area contributed by atoms with Gasteiger partial charge in [-0.3, -0.25) is 0 Å². The minimum Gasteiger partial charge on any atom is -0.494 e. The minimum atomic E-state index is 0.0112. The lowest BCUT2D eigenvalue weighted by atomic mass is 10.2. The summed E-state index contributed by atoms with van der Waals surface area (Å²) in [6.07, 6.45) is 0. The van der Waals surface area contributed by atoms with Gasteiger partial charge >= 0.3 is 6.03 Å². The van der Waals surface area contributed by atoms with Gasteiger partial charge in [0.15, 0.2) is 0 Å². The Morgan fingerprint density at radius 1 is 1.19 bits per heavy atom. The lowest BCUT2D eigenvalue weighted by Gasteiger charge is -2.34. The molecule has 2 rings (SSSR count). The van der Waals surface area contributed by atoms with Crippen molar-refractivity contribution in [2.45, 2.75) is 20.4 Å². The Bertz CT molecular complexity index is 457. The smallest absolute Gasteiger partial charge is 0.317 e. The van der Waals surface area contributed by atoms with Crippen LogP contribution in [0.5, 0.6) is 5.75 Å². The lowest BCUT2D eigenvalue weighted by molar-refractivity contribution is 0.142. The van der Waals surface area contributed by atoms with Gasteiger partial charge in [-0.1, -0.05) is 25.1 Å². The summed E-state index contributed by atoms with van der Waals surface area (Å²) < 4.78 is 5.57. The van der Waals surface area contributed by atoms with Crippen molar-refractivity contribution in [2.24, 2.45) is 0 Å². The Kier molecular flexibility index (Phi) is 5.87. The molecule has 0 bridgehead atoms. The quantitative estimate of drug-likeness (QED) is 0.901. The van der Waals surface area contributed by atoms with Crippen molar-refractivity contribution in [3.8, 4) is 5.75 Å². The number of urea groups is 1. The van der Waals surface area contributed by atoms with Crippen molar-refractivity contribution in [1.29, 1.82) is 0 Å². The van der Waals surface area contributed by atoms with Crippen molar-refractivity contribution >= 4 is 6.03 Å². The molecule has 0 aliphatic carbocycles. The van der Waals surface area contributed by atoms with Gasteiger partial charge in [-0.2, -0.15) is 0 Å². The average molecular weight is 291 g/mol. The summed E-state index contributed by atoms with van der Waals surface area (Å²) in [6.45, 7) is 9.81. The maximum atomic E-state index is 12.2. The van der Waals surface area contributed by atoms with Crippen LogP contribution < -0.4 is 10.1 Å². The highest BCUT2D eigenvalue weighted by atomic mass is 16.5. The van der Waals surface area contributed by atoms with Crippen LogP contribution in [0.1, 0.15) is 19.4 Å². The molecule has 0 aromatic heterocycles. The van der Waals surface area contributed by atoms with Gasteiger partial charge < -0.3 is 19.9 Å². The second kappa shape index (κ2) is 7.88. The number of rotatable bonds is 5. The number of benzene rings is 1. The van der Waals surface area contributed by atoms with Crippen LogP contribution in [-0.2, 0) is 6.54 Å². The summed E-state index contributed by atoms with van der Waals surface area (Å²) in [7, 11) is 0. The van der Waals surface area contributed by atoms with Crippen LogP contribution in [0.2, 0.25) is 0 Å². The molecule has 1 fully saturated rings. The van der Waals surface area contributed by atoms with E-state index in [0.29, 0.717) is 13.2 Å². The van der Waals surface area contributed by atoms with Crippen molar-refractivity contribution in [2.75, 3.05) is 39.3 Å². The fourth-order valence-corrected chi connectivity index (χ4v) is 2.50. The van der Waals surface area contributed by atoms with Gasteiger partial charge in [0.2, 0.25) is 0 Å². The Morgan fingerprint density at radius 3 is 2.57 bits per heavy atom. The molecule has 0 spiro atoms. The van der Waals surface area contributed by atoms with E-state index in [1.165, 1.54) is 0 Å². The number of piperazine rings is 1. The van der Waals surface area contributed by atoms with Crippen LogP contribution in [0.3, 0.4) is 0 Å². The predicted octanol–water partition coefficient (Wildman–Crippen LogP) is 1.93. The fraction of sp³-hybridized carbons (Fsp3) is 0.562. The molecule has 0 unspecified atom stereocenters. The van der Waals surface area contributed by atoms with Gasteiger partial charge in [0.1, 0.15) is 5.75 Å². The molecule has 1 aromatic rings. The first kappa shape index (κ1) is 15.6. The van der Waals surface area contributed by atoms with Gasteiger partial charge in [0.05, 0.1) is 6.61 Å². The molecule has 0 atom stereocenters. The van der Waals surface area contributed by atoms with Gasteiger partial charge in [-0.25, -0.2) is 4.79 Å². The zero-order valence-corrected chi connectivity index (χ0v) is 13.0. The summed E-state index contributed by atoms with van der Waals surface area (Å²) in [4.78, 5) is 16.4. The second-order valence-electron chi connectivity index (χ2n) is 5.12. The van der Waals surface area contributed by atoms with Crippen molar-refractivity contribution in [3.63, 3.8) is 0 Å². The van der Waals surface area contributed by atoms with Crippen LogP contribution in [-0.4, -0.2) is 55.2 Å². The zero-order valence-electron chi connectivity index (χ0n) is 13.0. The Hall–Kier alpha value is -1.75. The Balaban J connectivity index is 1.84. The lowest BCUT2D eigenvalue weighted by Crippen LogP contribution is -2.51. The van der Waals surface area contributed by atoms with E-state index >= 15 is 0 Å². The van der Waals surface area contributed by atoms with Gasteiger partial charge in [0.25, 0.3) is 0 Å². The maximum Gasteiger partial charge on any atom is 0.317 e. The number of carbonyl (C=O) groups excluding carboxylic acids is 1. The van der Waals surface area contributed by atoms with Crippen LogP contribution in [0.25, 0.3) is 0 Å². The molecule has 1 saturated heterocycles. The Morgan fingerprint density at radius 2 is 1.90 bits per heavy atom. The number of nitrogens with zero attached hydrogens (tertiary/aromatic N) is 2. The molecule has 0 saturated carbocycles. The normalized spacial score (nSPS) is 15.8. The number of hydrogen-bond acceptors (Lipinski definition) is 3. The van der Waals surface area contributed by atoms with Crippen LogP contribution in [0, 0.1) is 0 Å². The third-order valence-electron chi connectivity index (χ3n) is 3.81. The molecular formula is C16H25N3O2. The van der Waals surface area contributed by atoms with Gasteiger partial charge in [0, 0.05) is 38.3 Å². The van der Waals surface area contributed by atoms with E-state index in [4.69, 9.17) is 4.74 Å². The van der Waals surface area contributed by atoms with E-state index < -0.39 is 0 Å². The molecule has 2 amide bonds. The van der Waals surface area contributed by atoms with E-state index in [-0.39, 0.29) is 6.03 Å². The number of para-hydroxylation sites is 1. The summed E-state index contributed by atoms with van der Waals surface area (Å²) in [6, 6.07) is 7.84. The number of amides is 2. The second-order valence-corrected chi connectivity index (χ2v) is 5.12. The highest BCUT2D eigenvalue weighted by Crippen LogP contribution is 2.17. The third kappa shape index (κ3) is 4.36. The van der Waals surface area contributed by atoms with E-state index in [1.54, 1.807) is 0 Å². The molecule has 1 aliphatic heterocycles. The van der Waals surface area contributed by atoms with Crippen molar-refractivity contribution < 1.29 is 9.53 Å². The highest BCUT2D eigenvalue weighted by molar-refractivity contribution is 5.74. The van der Waals surface area contributed by atoms with Crippen molar-refractivity contribution in [1.82, 2.24) is 15.1 Å². The largest absolute Gasteiger partial charge is 0.494 e. The van der Waals surface area contributed by atoms with E-state index in [2.05, 4.69) is 17.1 Å². The Labute approximate surface area is 126 Å². The summed E-state index contributed by atoms with van der Waals surface area (Å²) >= 11 is 0. The molecule has 5 nitrogen and oxygen atoms in total. The van der Waals surface area contributed by atoms with Gasteiger partial charge in [-0.05, 0) is 19.5 Å². The molecule has 1 N–H and O–H groups in total. The molecule has 1 aliphatic rings. The van der Waals surface area contributed by atoms with E-state index in [0.717, 1.165) is 44.0 Å². The molecule has 1 heterocycles. The SMILES string of the molecule is CCOc1ccccc1CNC(=O)N1CCN(CC)CC1. The molecule has 5 heteroatoms. The number of likely N-dealkylation sites (N-methyl/N-ethyl adjacent to an activating group) is 1. The summed E-state index contributed by atoms with van der Waals surface area (Å²) in [5.74, 6) is 0.844. The van der Waals surface area contributed by atoms with Crippen LogP contribution in [0.4, 0.5) is 4.79 Å². The monoisotopic (exact) mass is 291 g/mol. The predicted molar refractivity (Wildman–Crippen MR) is 83.5 cm³/mol. The average Bonchev–Trinajstić information content (AvgIpc) is 2.54. The zero-order chi connectivity index (χ0) is 15.1. The number of hydrogen-bond donors (Lipinski definition) is 1. The first-order chi connectivity index (χ1) is 10.2. The standard InChI is InChI=1S/C16H25N3O2/c1-3-18-9-11-19(12-10-18)16(20)17-13-14-7-5-6-8-15(14)21-4-2/h5-8H,3-4,9-13H2,1-2H3,(H,17,20). The third-order valence-corrected chi connectivity index (χ3v) is 3.81. The molecule has 1 aromatic carbocycles. The van der Waals surface area contributed by atoms with Crippen LogP contribution in [0.15, 0.2) is 24.3 Å². The molecule has 0 radical (unpaired) electrons. The first-order valence-corrected chi connectivity index (χ1v) is 7.70.